The van der Waals surface area contributed by atoms with Gasteiger partial charge in [0.15, 0.2) is 0 Å². The Hall–Kier alpha value is -2.89. The number of hydrogen-bond acceptors (Lipinski definition) is 3. The normalized spacial score (nSPS) is 17.3. The monoisotopic (exact) mass is 367 g/mol. The summed E-state index contributed by atoms with van der Waals surface area (Å²) in [5.74, 6) is 0.544. The molecule has 2 aliphatic rings. The molecule has 0 radical (unpaired) electrons. The average Bonchev–Trinajstić information content (AvgIpc) is 3.12. The smallest absolute Gasteiger partial charge is 0.254 e. The van der Waals surface area contributed by atoms with Crippen LogP contribution in [-0.2, 0) is 17.8 Å². The minimum absolute atomic E-state index is 0.0903. The van der Waals surface area contributed by atoms with Crippen LogP contribution in [0, 0.1) is 5.82 Å². The molecule has 140 valence electrons. The summed E-state index contributed by atoms with van der Waals surface area (Å²) in [5.41, 5.74) is 2.36. The Morgan fingerprint density at radius 2 is 2.07 bits per heavy atom. The molecule has 27 heavy (non-hydrogen) atoms. The van der Waals surface area contributed by atoms with Gasteiger partial charge in [0, 0.05) is 18.5 Å². The zero-order valence-corrected chi connectivity index (χ0v) is 15.3. The van der Waals surface area contributed by atoms with E-state index in [1.165, 1.54) is 24.3 Å². The number of halogens is 1. The number of carbonyl (C=O) groups is 1. The Morgan fingerprint density at radius 1 is 1.26 bits per heavy atom. The second kappa shape index (κ2) is 7.39. The number of fused-ring (bicyclic) bond motifs is 1. The van der Waals surface area contributed by atoms with Crippen molar-refractivity contribution in [3.63, 3.8) is 0 Å². The fourth-order valence-electron chi connectivity index (χ4n) is 3.40. The first-order valence-corrected chi connectivity index (χ1v) is 9.24. The number of allylic oxidation sites excluding steroid dienone is 4. The maximum absolute atomic E-state index is 13.1. The maximum atomic E-state index is 13.1. The molecule has 1 atom stereocenters. The van der Waals surface area contributed by atoms with Crippen LogP contribution in [0.25, 0.3) is 0 Å². The molecular formula is C21H22FN3O2. The van der Waals surface area contributed by atoms with Gasteiger partial charge < -0.3 is 9.64 Å². The Labute approximate surface area is 157 Å². The molecule has 1 aliphatic heterocycles. The molecular weight excluding hydrogens is 345 g/mol. The van der Waals surface area contributed by atoms with Crippen molar-refractivity contribution < 1.29 is 13.9 Å². The zero-order chi connectivity index (χ0) is 18.8. The van der Waals surface area contributed by atoms with Crippen molar-refractivity contribution >= 4 is 5.91 Å². The van der Waals surface area contributed by atoms with Crippen LogP contribution in [0.3, 0.4) is 0 Å². The number of ether oxygens (including phenoxy) is 1. The fourth-order valence-corrected chi connectivity index (χ4v) is 3.40. The maximum Gasteiger partial charge on any atom is 0.254 e. The second-order valence-electron chi connectivity index (χ2n) is 6.88. The number of carbonyl (C=O) groups excluding carboxylic acids is 1. The molecule has 4 rings (SSSR count). The van der Waals surface area contributed by atoms with Crippen molar-refractivity contribution in [3.05, 3.63) is 77.1 Å². The first kappa shape index (κ1) is 17.5. The summed E-state index contributed by atoms with van der Waals surface area (Å²) in [6.07, 6.45) is 7.91. The van der Waals surface area contributed by atoms with Gasteiger partial charge in [0.25, 0.3) is 5.91 Å². The average molecular weight is 367 g/mol. The van der Waals surface area contributed by atoms with Crippen molar-refractivity contribution in [1.29, 1.82) is 0 Å². The van der Waals surface area contributed by atoms with Crippen LogP contribution in [0.2, 0.25) is 0 Å². The summed E-state index contributed by atoms with van der Waals surface area (Å²) in [7, 11) is 0. The molecule has 2 heterocycles. The lowest BCUT2D eigenvalue weighted by Gasteiger charge is -2.27. The quantitative estimate of drug-likeness (QED) is 0.821. The van der Waals surface area contributed by atoms with Gasteiger partial charge in [-0.3, -0.25) is 9.48 Å². The van der Waals surface area contributed by atoms with E-state index in [4.69, 9.17) is 4.74 Å². The summed E-state index contributed by atoms with van der Waals surface area (Å²) in [6, 6.07) is 7.68. The molecule has 6 heteroatoms. The summed E-state index contributed by atoms with van der Waals surface area (Å²) < 4.78 is 21.1. The van der Waals surface area contributed by atoms with Crippen LogP contribution in [0.4, 0.5) is 4.39 Å². The first-order valence-electron chi connectivity index (χ1n) is 9.24. The molecule has 5 nitrogen and oxygen atoms in total. The lowest BCUT2D eigenvalue weighted by atomic mass is 10.1. The van der Waals surface area contributed by atoms with E-state index in [-0.39, 0.29) is 17.8 Å². The van der Waals surface area contributed by atoms with E-state index in [0.717, 1.165) is 30.0 Å². The predicted octanol–water partition coefficient (Wildman–Crippen LogP) is 3.99. The van der Waals surface area contributed by atoms with Gasteiger partial charge in [-0.15, -0.1) is 0 Å². The van der Waals surface area contributed by atoms with Gasteiger partial charge in [0.1, 0.15) is 17.6 Å². The van der Waals surface area contributed by atoms with E-state index in [0.29, 0.717) is 25.2 Å². The van der Waals surface area contributed by atoms with Crippen molar-refractivity contribution in [3.8, 4) is 0 Å². The zero-order valence-electron chi connectivity index (χ0n) is 15.3. The Balaban J connectivity index is 1.45. The number of hydrogen-bond donors (Lipinski definition) is 0. The van der Waals surface area contributed by atoms with Gasteiger partial charge in [0.05, 0.1) is 24.5 Å². The summed E-state index contributed by atoms with van der Waals surface area (Å²) >= 11 is 0. The van der Waals surface area contributed by atoms with E-state index in [9.17, 15) is 9.18 Å². The third kappa shape index (κ3) is 3.79. The van der Waals surface area contributed by atoms with Gasteiger partial charge in [-0.05, 0) is 49.8 Å². The van der Waals surface area contributed by atoms with E-state index < -0.39 is 0 Å². The highest BCUT2D eigenvalue weighted by molar-refractivity contribution is 5.94. The van der Waals surface area contributed by atoms with Crippen LogP contribution in [0.15, 0.2) is 54.3 Å². The van der Waals surface area contributed by atoms with Gasteiger partial charge >= 0.3 is 0 Å². The molecule has 0 N–H and O–H groups in total. The molecule has 0 saturated carbocycles. The van der Waals surface area contributed by atoms with E-state index in [1.54, 1.807) is 4.90 Å². The first-order chi connectivity index (χ1) is 13.1. The minimum Gasteiger partial charge on any atom is -0.489 e. The molecule has 1 unspecified atom stereocenters. The highest BCUT2D eigenvalue weighted by Gasteiger charge is 2.25. The fraction of sp³-hybridized carbons (Fsp3) is 0.333. The SMILES string of the molecule is CC(OC1=CC=CCC1)c1cc2n(n1)CCN(C(=O)c1ccc(F)cc1)C2. The molecule has 0 spiro atoms. The van der Waals surface area contributed by atoms with Gasteiger partial charge in [0.2, 0.25) is 0 Å². The van der Waals surface area contributed by atoms with Crippen LogP contribution < -0.4 is 0 Å². The molecule has 1 aliphatic carbocycles. The topological polar surface area (TPSA) is 47.4 Å². The minimum atomic E-state index is -0.342. The van der Waals surface area contributed by atoms with Gasteiger partial charge in [-0.25, -0.2) is 4.39 Å². The molecule has 1 aromatic heterocycles. The second-order valence-corrected chi connectivity index (χ2v) is 6.88. The van der Waals surface area contributed by atoms with E-state index in [2.05, 4.69) is 11.2 Å². The largest absolute Gasteiger partial charge is 0.489 e. The highest BCUT2D eigenvalue weighted by atomic mass is 19.1. The number of amides is 1. The Bertz CT molecular complexity index is 899. The summed E-state index contributed by atoms with van der Waals surface area (Å²) in [4.78, 5) is 14.4. The lowest BCUT2D eigenvalue weighted by Crippen LogP contribution is -2.38. The number of aromatic nitrogens is 2. The molecule has 0 bridgehead atoms. The van der Waals surface area contributed by atoms with Crippen LogP contribution in [0.5, 0.6) is 0 Å². The molecule has 1 aromatic carbocycles. The third-order valence-corrected chi connectivity index (χ3v) is 4.92. The van der Waals surface area contributed by atoms with Gasteiger partial charge in [-0.2, -0.15) is 5.10 Å². The molecule has 2 aromatic rings. The number of rotatable bonds is 4. The summed E-state index contributed by atoms with van der Waals surface area (Å²) in [6.45, 7) is 3.70. The van der Waals surface area contributed by atoms with Crippen LogP contribution in [-0.4, -0.2) is 27.1 Å². The van der Waals surface area contributed by atoms with E-state index >= 15 is 0 Å². The van der Waals surface area contributed by atoms with Crippen molar-refractivity contribution in [2.75, 3.05) is 6.54 Å². The van der Waals surface area contributed by atoms with Crippen LogP contribution >= 0.6 is 0 Å². The molecule has 0 fully saturated rings. The predicted molar refractivity (Wildman–Crippen MR) is 99.3 cm³/mol. The third-order valence-electron chi connectivity index (χ3n) is 4.92. The molecule has 1 amide bonds. The lowest BCUT2D eigenvalue weighted by molar-refractivity contribution is 0.0705. The molecule has 0 saturated heterocycles. The van der Waals surface area contributed by atoms with Gasteiger partial charge in [-0.1, -0.05) is 12.2 Å². The van der Waals surface area contributed by atoms with Crippen molar-refractivity contribution in [2.24, 2.45) is 0 Å². The Kier molecular flexibility index (Phi) is 4.79. The van der Waals surface area contributed by atoms with Crippen LogP contribution in [0.1, 0.15) is 47.6 Å². The Morgan fingerprint density at radius 3 is 2.81 bits per heavy atom. The number of nitrogens with zero attached hydrogens (tertiary/aromatic N) is 3. The van der Waals surface area contributed by atoms with Crippen molar-refractivity contribution in [2.45, 2.75) is 39.0 Å². The van der Waals surface area contributed by atoms with E-state index in [1.807, 2.05) is 29.8 Å². The standard InChI is InChI=1S/C21H22FN3O2/c1-15(27-19-5-3-2-4-6-19)20-13-18-14-24(11-12-25(18)23-20)21(26)16-7-9-17(22)10-8-16/h2-3,5,7-10,13,15H,4,6,11-12,14H2,1H3. The summed E-state index contributed by atoms with van der Waals surface area (Å²) in [5, 5.41) is 4.65. The number of benzene rings is 1. The highest BCUT2D eigenvalue weighted by Crippen LogP contribution is 2.25. The van der Waals surface area contributed by atoms with Crippen molar-refractivity contribution in [1.82, 2.24) is 14.7 Å².